The molecule has 1 aliphatic rings. The van der Waals surface area contributed by atoms with Crippen molar-refractivity contribution >= 4 is 5.91 Å². The summed E-state index contributed by atoms with van der Waals surface area (Å²) in [4.78, 5) is 13.0. The zero-order valence-electron chi connectivity index (χ0n) is 34.5. The molecule has 0 saturated carbocycles. The predicted molar refractivity (Wildman–Crippen MR) is 218 cm³/mol. The fourth-order valence-electron chi connectivity index (χ4n) is 7.06. The van der Waals surface area contributed by atoms with Gasteiger partial charge >= 0.3 is 0 Å². The Morgan fingerprint density at radius 1 is 0.667 bits per heavy atom. The van der Waals surface area contributed by atoms with E-state index in [4.69, 9.17) is 9.47 Å². The summed E-state index contributed by atoms with van der Waals surface area (Å²) < 4.78 is 11.2. The second kappa shape index (κ2) is 33.7. The Kier molecular flexibility index (Phi) is 31.6. The summed E-state index contributed by atoms with van der Waals surface area (Å²) in [6, 6.07) is -1.01. The van der Waals surface area contributed by atoms with Crippen LogP contribution in [0.4, 0.5) is 0 Å². The number of nitrogens with one attached hydrogen (secondary N) is 1. The summed E-state index contributed by atoms with van der Waals surface area (Å²) in [5, 5.41) is 65.5. The molecule has 7 N–H and O–H groups in total. The predicted octanol–water partition coefficient (Wildman–Crippen LogP) is 7.55. The number of hydrogen-bond acceptors (Lipinski definition) is 9. The van der Waals surface area contributed by atoms with Crippen LogP contribution in [0.25, 0.3) is 0 Å². The molecule has 1 amide bonds. The number of rotatable bonds is 35. The number of allylic oxidation sites excluding steroid dienone is 4. The second-order valence-corrected chi connectivity index (χ2v) is 15.8. The third-order valence-corrected chi connectivity index (χ3v) is 10.8. The minimum Gasteiger partial charge on any atom is -0.394 e. The summed E-state index contributed by atoms with van der Waals surface area (Å²) in [7, 11) is 0. The van der Waals surface area contributed by atoms with Gasteiger partial charge in [0.15, 0.2) is 6.29 Å². The van der Waals surface area contributed by atoms with Crippen molar-refractivity contribution in [2.75, 3.05) is 13.2 Å². The summed E-state index contributed by atoms with van der Waals surface area (Å²) in [6.45, 7) is 5.44. The van der Waals surface area contributed by atoms with Crippen molar-refractivity contribution in [1.29, 1.82) is 0 Å². The molecule has 10 heteroatoms. The lowest BCUT2D eigenvalue weighted by Gasteiger charge is -2.40. The van der Waals surface area contributed by atoms with Crippen LogP contribution < -0.4 is 5.32 Å². The highest BCUT2D eigenvalue weighted by molar-refractivity contribution is 5.76. The SMILES string of the molecule is CCCCCCC/C=C\C/C=C\CCCCCCCC(=O)N[C@@H](COC1OC(CO)C(O)C(O)C1O)[C@H](O)[C@H](O)C(C)CCCCCCCCCCCC. The van der Waals surface area contributed by atoms with Crippen LogP contribution in [0.1, 0.15) is 181 Å². The Morgan fingerprint density at radius 3 is 1.70 bits per heavy atom. The quantitative estimate of drug-likeness (QED) is 0.0254. The first-order chi connectivity index (χ1) is 26.2. The van der Waals surface area contributed by atoms with Crippen LogP contribution in [-0.4, -0.2) is 98.7 Å². The molecule has 9 atom stereocenters. The number of carbonyl (C=O) groups excluding carboxylic acids is 1. The maximum absolute atomic E-state index is 13.0. The van der Waals surface area contributed by atoms with Crippen molar-refractivity contribution < 1.29 is 44.9 Å². The molecule has 0 bridgehead atoms. The Bertz CT molecular complexity index is 932. The van der Waals surface area contributed by atoms with E-state index in [0.717, 1.165) is 64.2 Å². The average molecular weight is 770 g/mol. The molecule has 1 aliphatic heterocycles. The normalized spacial score (nSPS) is 22.9. The van der Waals surface area contributed by atoms with E-state index in [0.29, 0.717) is 6.42 Å². The van der Waals surface area contributed by atoms with Gasteiger partial charge in [0.05, 0.1) is 25.4 Å². The third-order valence-electron chi connectivity index (χ3n) is 10.8. The molecule has 10 nitrogen and oxygen atoms in total. The molecule has 1 rings (SSSR count). The van der Waals surface area contributed by atoms with Gasteiger partial charge in [-0.3, -0.25) is 4.79 Å². The first-order valence-electron chi connectivity index (χ1n) is 22.0. The van der Waals surface area contributed by atoms with Gasteiger partial charge in [0.1, 0.15) is 30.5 Å². The standard InChI is InChI=1S/C44H83NO9/c1-4-6-8-10-12-14-16-17-18-19-20-21-22-24-26-28-30-32-38(47)45-36(34-53-44-43(52)42(51)41(50)37(33-46)54-44)40(49)39(48)35(3)31-29-27-25-23-15-13-11-9-7-5-2/h16-17,19-20,35-37,39-44,46,48-52H,4-15,18,21-34H2,1-3H3,(H,45,47)/b17-16-,20-19-/t35?,36-,37?,39+,40-,41?,42?,43?,44?/m0/s1. The molecule has 54 heavy (non-hydrogen) atoms. The molecular weight excluding hydrogens is 686 g/mol. The maximum Gasteiger partial charge on any atom is 0.220 e. The summed E-state index contributed by atoms with van der Waals surface area (Å²) in [6.07, 6.45) is 27.0. The van der Waals surface area contributed by atoms with Crippen LogP contribution in [0, 0.1) is 5.92 Å². The molecule has 0 radical (unpaired) electrons. The number of ether oxygens (including phenoxy) is 2. The summed E-state index contributed by atoms with van der Waals surface area (Å²) in [5.74, 6) is -0.500. The second-order valence-electron chi connectivity index (χ2n) is 15.8. The topological polar surface area (TPSA) is 169 Å². The molecule has 1 saturated heterocycles. The fraction of sp³-hybridized carbons (Fsp3) is 0.886. The molecule has 0 spiro atoms. The highest BCUT2D eigenvalue weighted by Gasteiger charge is 2.44. The number of amides is 1. The first kappa shape index (κ1) is 50.6. The molecule has 318 valence electrons. The van der Waals surface area contributed by atoms with Crippen LogP contribution in [-0.2, 0) is 14.3 Å². The number of unbranched alkanes of at least 4 members (excludes halogenated alkanes) is 19. The van der Waals surface area contributed by atoms with Crippen molar-refractivity contribution in [3.63, 3.8) is 0 Å². The monoisotopic (exact) mass is 770 g/mol. The highest BCUT2D eigenvalue weighted by Crippen LogP contribution is 2.24. The lowest BCUT2D eigenvalue weighted by molar-refractivity contribution is -0.303. The van der Waals surface area contributed by atoms with E-state index >= 15 is 0 Å². The van der Waals surface area contributed by atoms with Crippen molar-refractivity contribution in [3.05, 3.63) is 24.3 Å². The van der Waals surface area contributed by atoms with Crippen molar-refractivity contribution in [2.45, 2.75) is 230 Å². The van der Waals surface area contributed by atoms with E-state index in [9.17, 15) is 35.4 Å². The van der Waals surface area contributed by atoms with Gasteiger partial charge in [0.2, 0.25) is 5.91 Å². The smallest absolute Gasteiger partial charge is 0.220 e. The van der Waals surface area contributed by atoms with Crippen molar-refractivity contribution in [1.82, 2.24) is 5.32 Å². The molecule has 1 fully saturated rings. The van der Waals surface area contributed by atoms with Crippen LogP contribution in [0.3, 0.4) is 0 Å². The zero-order chi connectivity index (χ0) is 39.8. The molecule has 0 aliphatic carbocycles. The van der Waals surface area contributed by atoms with Gasteiger partial charge in [-0.2, -0.15) is 0 Å². The minimum atomic E-state index is -1.61. The van der Waals surface area contributed by atoms with Gasteiger partial charge in [-0.15, -0.1) is 0 Å². The van der Waals surface area contributed by atoms with Crippen molar-refractivity contribution in [3.8, 4) is 0 Å². The Labute approximate surface area is 329 Å². The Morgan fingerprint density at radius 2 is 1.17 bits per heavy atom. The lowest BCUT2D eigenvalue weighted by atomic mass is 9.90. The lowest BCUT2D eigenvalue weighted by Crippen LogP contribution is -2.60. The average Bonchev–Trinajstić information content (AvgIpc) is 3.17. The number of aliphatic hydroxyl groups excluding tert-OH is 6. The minimum absolute atomic E-state index is 0.225. The van der Waals surface area contributed by atoms with Gasteiger partial charge in [-0.1, -0.05) is 154 Å². The number of hydrogen-bond donors (Lipinski definition) is 7. The fourth-order valence-corrected chi connectivity index (χ4v) is 7.06. The van der Waals surface area contributed by atoms with E-state index in [1.54, 1.807) is 0 Å². The summed E-state index contributed by atoms with van der Waals surface area (Å²) >= 11 is 0. The number of carbonyl (C=O) groups is 1. The molecular formula is C44H83NO9. The molecule has 0 aromatic rings. The largest absolute Gasteiger partial charge is 0.394 e. The molecule has 0 aromatic carbocycles. The highest BCUT2D eigenvalue weighted by atomic mass is 16.7. The maximum atomic E-state index is 13.0. The molecule has 0 aromatic heterocycles. The van der Waals surface area contributed by atoms with Crippen molar-refractivity contribution in [2.24, 2.45) is 5.92 Å². The van der Waals surface area contributed by atoms with E-state index in [-0.39, 0.29) is 24.9 Å². The third kappa shape index (κ3) is 23.6. The molecule has 1 heterocycles. The Hall–Kier alpha value is -1.37. The Balaban J connectivity index is 2.50. The van der Waals surface area contributed by atoms with E-state index in [2.05, 4.69) is 43.5 Å². The van der Waals surface area contributed by atoms with Crippen LogP contribution in [0.5, 0.6) is 0 Å². The van der Waals surface area contributed by atoms with E-state index < -0.39 is 55.6 Å². The number of aliphatic hydroxyl groups is 6. The van der Waals surface area contributed by atoms with Gasteiger partial charge < -0.3 is 45.4 Å². The van der Waals surface area contributed by atoms with Gasteiger partial charge in [-0.25, -0.2) is 0 Å². The van der Waals surface area contributed by atoms with Gasteiger partial charge in [0, 0.05) is 6.42 Å². The van der Waals surface area contributed by atoms with Crippen LogP contribution in [0.15, 0.2) is 24.3 Å². The zero-order valence-corrected chi connectivity index (χ0v) is 34.5. The van der Waals surface area contributed by atoms with Gasteiger partial charge in [-0.05, 0) is 50.9 Å². The van der Waals surface area contributed by atoms with Crippen LogP contribution >= 0.6 is 0 Å². The summed E-state index contributed by atoms with van der Waals surface area (Å²) in [5.41, 5.74) is 0. The van der Waals surface area contributed by atoms with E-state index in [1.165, 1.54) is 83.5 Å². The first-order valence-corrected chi connectivity index (χ1v) is 22.0. The van der Waals surface area contributed by atoms with Crippen LogP contribution in [0.2, 0.25) is 0 Å². The van der Waals surface area contributed by atoms with Gasteiger partial charge in [0.25, 0.3) is 0 Å². The molecule has 6 unspecified atom stereocenters. The van der Waals surface area contributed by atoms with E-state index in [1.807, 2.05) is 6.92 Å².